The number of nitrogens with zero attached hydrogens (tertiary/aromatic N) is 1. The second kappa shape index (κ2) is 10.3. The summed E-state index contributed by atoms with van der Waals surface area (Å²) in [5.41, 5.74) is 0.988. The first kappa shape index (κ1) is 25.0. The fraction of sp³-hybridized carbons (Fsp3) is 0.654. The van der Waals surface area contributed by atoms with Gasteiger partial charge in [0, 0.05) is 18.3 Å². The molecule has 3 aliphatic rings. The Labute approximate surface area is 206 Å². The molecule has 3 N–H and O–H groups in total. The van der Waals surface area contributed by atoms with E-state index in [2.05, 4.69) is 10.6 Å². The van der Waals surface area contributed by atoms with Crippen LogP contribution in [0.1, 0.15) is 52.0 Å². The third kappa shape index (κ3) is 4.13. The third-order valence-electron chi connectivity index (χ3n) is 7.99. The molecule has 0 radical (unpaired) electrons. The number of amides is 3. The highest BCUT2D eigenvalue weighted by Gasteiger charge is 2.74. The van der Waals surface area contributed by atoms with Crippen LogP contribution >= 0.6 is 11.8 Å². The largest absolute Gasteiger partial charge is 0.394 e. The summed E-state index contributed by atoms with van der Waals surface area (Å²) < 4.78 is -0.627. The van der Waals surface area contributed by atoms with Gasteiger partial charge < -0.3 is 20.6 Å². The standard InChI is InChI=1S/C26H37N3O4S/c1-4-13-27-23(31)20-19-11-12-26(34-19)21(20)25(33)29(18(15-30)16(3)5-2)22(26)24(32)28-14-17-9-7-6-8-10-17/h6-10,16,18-22,30H,4-5,11-15H2,1-3H3,(H,27,31)(H,28,32)/t16-,18-,19+,20-,21-,22?,26?/m0/s1. The predicted octanol–water partition coefficient (Wildman–Crippen LogP) is 2.33. The maximum absolute atomic E-state index is 14.0. The minimum Gasteiger partial charge on any atom is -0.394 e. The van der Waals surface area contributed by atoms with E-state index in [0.29, 0.717) is 13.1 Å². The number of fused-ring (bicyclic) bond motifs is 1. The molecule has 4 rings (SSSR count). The highest BCUT2D eigenvalue weighted by molar-refractivity contribution is 8.02. The van der Waals surface area contributed by atoms with Crippen LogP contribution in [0.2, 0.25) is 0 Å². The first-order valence-electron chi connectivity index (χ1n) is 12.6. The topological polar surface area (TPSA) is 98.7 Å². The highest BCUT2D eigenvalue weighted by atomic mass is 32.2. The number of rotatable bonds is 10. The molecule has 7 nitrogen and oxygen atoms in total. The molecular weight excluding hydrogens is 450 g/mol. The second-order valence-electron chi connectivity index (χ2n) is 9.93. The predicted molar refractivity (Wildman–Crippen MR) is 133 cm³/mol. The van der Waals surface area contributed by atoms with E-state index >= 15 is 0 Å². The van der Waals surface area contributed by atoms with Gasteiger partial charge in [0.05, 0.1) is 29.2 Å². The van der Waals surface area contributed by atoms with Crippen molar-refractivity contribution >= 4 is 29.5 Å². The van der Waals surface area contributed by atoms with Crippen LogP contribution in [-0.4, -0.2) is 63.0 Å². The van der Waals surface area contributed by atoms with Gasteiger partial charge in [0.15, 0.2) is 0 Å². The Hall–Kier alpha value is -2.06. The lowest BCUT2D eigenvalue weighted by Crippen LogP contribution is -2.57. The summed E-state index contributed by atoms with van der Waals surface area (Å²) in [5, 5.41) is 16.4. The summed E-state index contributed by atoms with van der Waals surface area (Å²) in [7, 11) is 0. The van der Waals surface area contributed by atoms with Gasteiger partial charge in [-0.05, 0) is 30.7 Å². The van der Waals surface area contributed by atoms with E-state index in [1.54, 1.807) is 16.7 Å². The molecule has 186 valence electrons. The fourth-order valence-corrected chi connectivity index (χ4v) is 8.32. The zero-order chi connectivity index (χ0) is 24.5. The Morgan fingerprint density at radius 3 is 2.59 bits per heavy atom. The summed E-state index contributed by atoms with van der Waals surface area (Å²) in [6, 6.07) is 8.56. The van der Waals surface area contributed by atoms with Crippen molar-refractivity contribution in [2.45, 2.75) is 75.1 Å². The molecule has 3 amide bonds. The summed E-state index contributed by atoms with van der Waals surface area (Å²) >= 11 is 1.67. The van der Waals surface area contributed by atoms with Crippen LogP contribution in [-0.2, 0) is 20.9 Å². The van der Waals surface area contributed by atoms with Crippen molar-refractivity contribution in [3.05, 3.63) is 35.9 Å². The first-order chi connectivity index (χ1) is 16.4. The van der Waals surface area contributed by atoms with Crippen LogP contribution in [0.25, 0.3) is 0 Å². The van der Waals surface area contributed by atoms with Gasteiger partial charge in [-0.15, -0.1) is 11.8 Å². The molecule has 3 saturated heterocycles. The molecule has 3 heterocycles. The van der Waals surface area contributed by atoms with E-state index in [0.717, 1.165) is 31.2 Å². The number of aliphatic hydroxyl groups excluding tert-OH is 1. The first-order valence-corrected chi connectivity index (χ1v) is 13.5. The van der Waals surface area contributed by atoms with E-state index < -0.39 is 28.7 Å². The van der Waals surface area contributed by atoms with Crippen molar-refractivity contribution in [1.82, 2.24) is 15.5 Å². The molecule has 3 aliphatic heterocycles. The minimum atomic E-state index is -0.696. The molecule has 0 saturated carbocycles. The van der Waals surface area contributed by atoms with Crippen LogP contribution in [0.15, 0.2) is 30.3 Å². The van der Waals surface area contributed by atoms with E-state index in [-0.39, 0.29) is 35.5 Å². The van der Waals surface area contributed by atoms with Crippen molar-refractivity contribution in [3.8, 4) is 0 Å². The Morgan fingerprint density at radius 2 is 1.94 bits per heavy atom. The molecule has 8 heteroatoms. The molecule has 0 aromatic heterocycles. The van der Waals surface area contributed by atoms with Gasteiger partial charge in [-0.25, -0.2) is 0 Å². The number of benzene rings is 1. The van der Waals surface area contributed by atoms with Gasteiger partial charge in [-0.1, -0.05) is 57.5 Å². The SMILES string of the molecule is CCCNC(=O)[C@@H]1[C@H]2C(=O)N([C@@H](CO)[C@@H](C)CC)C(C(=O)NCc3ccccc3)C23CC[C@H]1S3. The zero-order valence-corrected chi connectivity index (χ0v) is 21.1. The average Bonchev–Trinajstić information content (AvgIpc) is 3.50. The monoisotopic (exact) mass is 487 g/mol. The number of nitrogens with one attached hydrogen (secondary N) is 2. The Morgan fingerprint density at radius 1 is 1.21 bits per heavy atom. The number of likely N-dealkylation sites (tertiary alicyclic amines) is 1. The number of thioether (sulfide) groups is 1. The maximum atomic E-state index is 14.0. The van der Waals surface area contributed by atoms with Gasteiger partial charge >= 0.3 is 0 Å². The van der Waals surface area contributed by atoms with Gasteiger partial charge in [0.2, 0.25) is 17.7 Å². The lowest BCUT2D eigenvalue weighted by molar-refractivity contribution is -0.144. The Kier molecular flexibility index (Phi) is 7.57. The summed E-state index contributed by atoms with van der Waals surface area (Å²) in [5.74, 6) is -1.34. The summed E-state index contributed by atoms with van der Waals surface area (Å²) in [6.07, 6.45) is 3.16. The van der Waals surface area contributed by atoms with Gasteiger partial charge in [-0.2, -0.15) is 0 Å². The summed E-state index contributed by atoms with van der Waals surface area (Å²) in [6.45, 7) is 6.80. The lowest BCUT2D eigenvalue weighted by Gasteiger charge is -2.39. The number of hydrogen-bond donors (Lipinski definition) is 3. The number of carbonyl (C=O) groups is 3. The van der Waals surface area contributed by atoms with Crippen LogP contribution < -0.4 is 10.6 Å². The molecular formula is C26H37N3O4S. The quantitative estimate of drug-likeness (QED) is 0.471. The van der Waals surface area contributed by atoms with Gasteiger partial charge in [0.25, 0.3) is 0 Å². The van der Waals surface area contributed by atoms with Crippen LogP contribution in [0.4, 0.5) is 0 Å². The smallest absolute Gasteiger partial charge is 0.244 e. The molecule has 1 spiro atoms. The molecule has 1 aromatic rings. The Bertz CT molecular complexity index is 913. The molecule has 0 aliphatic carbocycles. The van der Waals surface area contributed by atoms with Crippen molar-refractivity contribution in [2.75, 3.05) is 13.2 Å². The molecule has 2 unspecified atom stereocenters. The highest BCUT2D eigenvalue weighted by Crippen LogP contribution is 2.66. The van der Waals surface area contributed by atoms with E-state index in [9.17, 15) is 19.5 Å². The van der Waals surface area contributed by atoms with E-state index in [1.165, 1.54) is 0 Å². The third-order valence-corrected chi connectivity index (χ3v) is 9.94. The lowest BCUT2D eigenvalue weighted by atomic mass is 9.70. The Balaban J connectivity index is 1.68. The van der Waals surface area contributed by atoms with Crippen molar-refractivity contribution < 1.29 is 19.5 Å². The van der Waals surface area contributed by atoms with Gasteiger partial charge in [0.1, 0.15) is 6.04 Å². The molecule has 3 fully saturated rings. The molecule has 7 atom stereocenters. The van der Waals surface area contributed by atoms with E-state index in [1.807, 2.05) is 51.1 Å². The van der Waals surface area contributed by atoms with Crippen LogP contribution in [0.3, 0.4) is 0 Å². The van der Waals surface area contributed by atoms with E-state index in [4.69, 9.17) is 0 Å². The molecule has 1 aromatic carbocycles. The van der Waals surface area contributed by atoms with Crippen molar-refractivity contribution in [1.29, 1.82) is 0 Å². The van der Waals surface area contributed by atoms with Crippen molar-refractivity contribution in [2.24, 2.45) is 17.8 Å². The zero-order valence-electron chi connectivity index (χ0n) is 20.3. The maximum Gasteiger partial charge on any atom is 0.244 e. The average molecular weight is 488 g/mol. The molecule has 34 heavy (non-hydrogen) atoms. The minimum absolute atomic E-state index is 0.0307. The number of hydrogen-bond acceptors (Lipinski definition) is 5. The number of carbonyl (C=O) groups excluding carboxylic acids is 3. The fourth-order valence-electron chi connectivity index (χ4n) is 6.11. The molecule has 2 bridgehead atoms. The van der Waals surface area contributed by atoms with Gasteiger partial charge in [-0.3, -0.25) is 14.4 Å². The normalized spacial score (nSPS) is 31.3. The summed E-state index contributed by atoms with van der Waals surface area (Å²) in [4.78, 5) is 42.6. The number of aliphatic hydroxyl groups is 1. The van der Waals surface area contributed by atoms with Crippen LogP contribution in [0.5, 0.6) is 0 Å². The van der Waals surface area contributed by atoms with Crippen molar-refractivity contribution in [3.63, 3.8) is 0 Å². The second-order valence-corrected chi connectivity index (χ2v) is 11.5. The van der Waals surface area contributed by atoms with Crippen LogP contribution in [0, 0.1) is 17.8 Å².